The summed E-state index contributed by atoms with van der Waals surface area (Å²) in [4.78, 5) is 12.5. The van der Waals surface area contributed by atoms with Crippen LogP contribution in [0.5, 0.6) is 0 Å². The topological polar surface area (TPSA) is 52.2 Å². The van der Waals surface area contributed by atoms with Crippen LogP contribution in [0.2, 0.25) is 0 Å². The molecule has 108 valence electrons. The highest BCUT2D eigenvalue weighted by molar-refractivity contribution is 5.41. The summed E-state index contributed by atoms with van der Waals surface area (Å²) in [6, 6.07) is 8.03. The Hall–Kier alpha value is -2.43. The largest absolute Gasteiger partial charge is 0.300 e. The summed E-state index contributed by atoms with van der Waals surface area (Å²) in [5.41, 5.74) is 2.31. The molecule has 3 rings (SSSR count). The lowest BCUT2D eigenvalue weighted by Crippen LogP contribution is -2.20. The monoisotopic (exact) mass is 282 g/mol. The van der Waals surface area contributed by atoms with Crippen LogP contribution in [0.15, 0.2) is 41.5 Å². The SMILES string of the molecule is CCc1nnc2c(=O)n(-c3ccc(C(C)C)cc3)ccn12. The van der Waals surface area contributed by atoms with Crippen molar-refractivity contribution >= 4 is 5.65 Å². The van der Waals surface area contributed by atoms with E-state index < -0.39 is 0 Å². The van der Waals surface area contributed by atoms with Gasteiger partial charge in [-0.05, 0) is 23.6 Å². The van der Waals surface area contributed by atoms with E-state index in [0.29, 0.717) is 11.6 Å². The van der Waals surface area contributed by atoms with E-state index in [9.17, 15) is 4.79 Å². The van der Waals surface area contributed by atoms with E-state index in [1.54, 1.807) is 15.2 Å². The van der Waals surface area contributed by atoms with Crippen molar-refractivity contribution in [3.05, 3.63) is 58.4 Å². The first-order chi connectivity index (χ1) is 10.1. The van der Waals surface area contributed by atoms with Gasteiger partial charge >= 0.3 is 5.56 Å². The average Bonchev–Trinajstić information content (AvgIpc) is 2.92. The Morgan fingerprint density at radius 2 is 1.81 bits per heavy atom. The van der Waals surface area contributed by atoms with Gasteiger partial charge in [-0.2, -0.15) is 0 Å². The fourth-order valence-electron chi connectivity index (χ4n) is 2.40. The van der Waals surface area contributed by atoms with Crippen LogP contribution in [-0.4, -0.2) is 19.2 Å². The van der Waals surface area contributed by atoms with E-state index >= 15 is 0 Å². The summed E-state index contributed by atoms with van der Waals surface area (Å²) in [7, 11) is 0. The van der Waals surface area contributed by atoms with Crippen LogP contribution < -0.4 is 5.56 Å². The molecule has 0 saturated heterocycles. The predicted molar refractivity (Wildman–Crippen MR) is 82.1 cm³/mol. The van der Waals surface area contributed by atoms with Gasteiger partial charge < -0.3 is 0 Å². The molecule has 5 heteroatoms. The summed E-state index contributed by atoms with van der Waals surface area (Å²) < 4.78 is 3.36. The van der Waals surface area contributed by atoms with Crippen molar-refractivity contribution in [3.63, 3.8) is 0 Å². The highest BCUT2D eigenvalue weighted by Gasteiger charge is 2.10. The van der Waals surface area contributed by atoms with Crippen LogP contribution >= 0.6 is 0 Å². The van der Waals surface area contributed by atoms with E-state index in [2.05, 4.69) is 36.2 Å². The van der Waals surface area contributed by atoms with Crippen LogP contribution in [0.4, 0.5) is 0 Å². The first kappa shape index (κ1) is 13.5. The summed E-state index contributed by atoms with van der Waals surface area (Å²) >= 11 is 0. The highest BCUT2D eigenvalue weighted by atomic mass is 16.1. The molecule has 0 aliphatic carbocycles. The molecule has 0 unspecified atom stereocenters. The molecule has 21 heavy (non-hydrogen) atoms. The maximum Gasteiger partial charge on any atom is 0.300 e. The van der Waals surface area contributed by atoms with Gasteiger partial charge in [0.05, 0.1) is 0 Å². The molecule has 0 aliphatic heterocycles. The van der Waals surface area contributed by atoms with Gasteiger partial charge in [-0.3, -0.25) is 13.8 Å². The van der Waals surface area contributed by atoms with Crippen molar-refractivity contribution in [1.82, 2.24) is 19.2 Å². The first-order valence-electron chi connectivity index (χ1n) is 7.17. The van der Waals surface area contributed by atoms with Crippen molar-refractivity contribution in [1.29, 1.82) is 0 Å². The van der Waals surface area contributed by atoms with E-state index in [1.165, 1.54) is 5.56 Å². The number of rotatable bonds is 3. The Kier molecular flexibility index (Phi) is 3.33. The normalized spacial score (nSPS) is 11.4. The van der Waals surface area contributed by atoms with Gasteiger partial charge in [-0.1, -0.05) is 32.9 Å². The third kappa shape index (κ3) is 2.24. The van der Waals surface area contributed by atoms with Gasteiger partial charge in [0.25, 0.3) is 0 Å². The molecule has 2 heterocycles. The second-order valence-electron chi connectivity index (χ2n) is 5.38. The Labute approximate surface area is 122 Å². The molecule has 0 bridgehead atoms. The zero-order valence-corrected chi connectivity index (χ0v) is 12.4. The number of fused-ring (bicyclic) bond motifs is 1. The van der Waals surface area contributed by atoms with Crippen LogP contribution in [0.1, 0.15) is 38.1 Å². The van der Waals surface area contributed by atoms with E-state index in [0.717, 1.165) is 17.9 Å². The predicted octanol–water partition coefficient (Wildman–Crippen LogP) is 2.57. The van der Waals surface area contributed by atoms with Crippen molar-refractivity contribution in [2.24, 2.45) is 0 Å². The molecular weight excluding hydrogens is 264 g/mol. The molecule has 5 nitrogen and oxygen atoms in total. The summed E-state index contributed by atoms with van der Waals surface area (Å²) in [5.74, 6) is 1.27. The first-order valence-corrected chi connectivity index (χ1v) is 7.17. The third-order valence-corrected chi connectivity index (χ3v) is 3.70. The number of aromatic nitrogens is 4. The molecular formula is C16H18N4O. The molecule has 0 radical (unpaired) electrons. The second kappa shape index (κ2) is 5.16. The average molecular weight is 282 g/mol. The molecule has 3 aromatic rings. The second-order valence-corrected chi connectivity index (χ2v) is 5.38. The highest BCUT2D eigenvalue weighted by Crippen LogP contribution is 2.16. The minimum atomic E-state index is -0.151. The Morgan fingerprint density at radius 3 is 2.43 bits per heavy atom. The van der Waals surface area contributed by atoms with Gasteiger partial charge in [-0.15, -0.1) is 10.2 Å². The van der Waals surface area contributed by atoms with E-state index in [-0.39, 0.29) is 5.56 Å². The number of nitrogens with zero attached hydrogens (tertiary/aromatic N) is 4. The van der Waals surface area contributed by atoms with Crippen LogP contribution in [0, 0.1) is 0 Å². The lowest BCUT2D eigenvalue weighted by atomic mass is 10.0. The molecule has 0 spiro atoms. The maximum atomic E-state index is 12.5. The van der Waals surface area contributed by atoms with E-state index in [4.69, 9.17) is 0 Å². The standard InChI is InChI=1S/C16H18N4O/c1-4-14-17-18-15-16(21)19(9-10-20(14)15)13-7-5-12(6-8-13)11(2)3/h5-11H,4H2,1-3H3. The fourth-order valence-corrected chi connectivity index (χ4v) is 2.40. The summed E-state index contributed by atoms with van der Waals surface area (Å²) in [5, 5.41) is 8.05. The minimum absolute atomic E-state index is 0.151. The molecule has 2 aromatic heterocycles. The molecule has 0 atom stereocenters. The molecule has 0 saturated carbocycles. The van der Waals surface area contributed by atoms with Gasteiger partial charge in [0, 0.05) is 24.5 Å². The number of hydrogen-bond acceptors (Lipinski definition) is 3. The lowest BCUT2D eigenvalue weighted by Gasteiger charge is -2.09. The molecule has 0 fully saturated rings. The lowest BCUT2D eigenvalue weighted by molar-refractivity contribution is 0.862. The Morgan fingerprint density at radius 1 is 1.10 bits per heavy atom. The molecule has 0 aliphatic rings. The van der Waals surface area contributed by atoms with Crippen LogP contribution in [0.3, 0.4) is 0 Å². The molecule has 0 amide bonds. The number of hydrogen-bond donors (Lipinski definition) is 0. The Balaban J connectivity index is 2.12. The zero-order valence-electron chi connectivity index (χ0n) is 12.4. The summed E-state index contributed by atoms with van der Waals surface area (Å²) in [6.07, 6.45) is 4.35. The van der Waals surface area contributed by atoms with Crippen molar-refractivity contribution in [2.45, 2.75) is 33.1 Å². The molecule has 0 N–H and O–H groups in total. The van der Waals surface area contributed by atoms with Crippen molar-refractivity contribution < 1.29 is 0 Å². The van der Waals surface area contributed by atoms with Crippen LogP contribution in [0.25, 0.3) is 11.3 Å². The Bertz CT molecular complexity index is 828. The number of benzene rings is 1. The van der Waals surface area contributed by atoms with Gasteiger partial charge in [0.15, 0.2) is 0 Å². The van der Waals surface area contributed by atoms with Crippen molar-refractivity contribution in [2.75, 3.05) is 0 Å². The molecule has 1 aromatic carbocycles. The minimum Gasteiger partial charge on any atom is -0.280 e. The maximum absolute atomic E-state index is 12.5. The quantitative estimate of drug-likeness (QED) is 0.742. The van der Waals surface area contributed by atoms with Crippen LogP contribution in [-0.2, 0) is 6.42 Å². The zero-order chi connectivity index (χ0) is 15.0. The smallest absolute Gasteiger partial charge is 0.280 e. The van der Waals surface area contributed by atoms with Gasteiger partial charge in [0.1, 0.15) is 5.82 Å². The van der Waals surface area contributed by atoms with Gasteiger partial charge in [0.2, 0.25) is 5.65 Å². The van der Waals surface area contributed by atoms with Crippen molar-refractivity contribution in [3.8, 4) is 5.69 Å². The van der Waals surface area contributed by atoms with Gasteiger partial charge in [-0.25, -0.2) is 0 Å². The van der Waals surface area contributed by atoms with E-state index in [1.807, 2.05) is 25.3 Å². The number of aryl methyl sites for hydroxylation is 1. The third-order valence-electron chi connectivity index (χ3n) is 3.70. The summed E-state index contributed by atoms with van der Waals surface area (Å²) in [6.45, 7) is 6.29. The fraction of sp³-hybridized carbons (Fsp3) is 0.312.